The Kier molecular flexibility index (Phi) is 7.75. The Balaban J connectivity index is 1.76. The maximum Gasteiger partial charge on any atom is 0.0894 e. The Labute approximate surface area is 230 Å². The summed E-state index contributed by atoms with van der Waals surface area (Å²) in [5.41, 5.74) is 17.6. The summed E-state index contributed by atoms with van der Waals surface area (Å²) < 4.78 is 0. The van der Waals surface area contributed by atoms with Crippen LogP contribution in [0.2, 0.25) is 0 Å². The number of hydrogen-bond acceptors (Lipinski definition) is 3. The number of fused-ring (bicyclic) bond motifs is 1. The van der Waals surface area contributed by atoms with Crippen molar-refractivity contribution in [1.82, 2.24) is 0 Å². The van der Waals surface area contributed by atoms with Crippen molar-refractivity contribution in [2.75, 3.05) is 11.4 Å². The van der Waals surface area contributed by atoms with Crippen LogP contribution in [0, 0.1) is 22.7 Å². The fraction of sp³-hybridized carbons (Fsp3) is 0.400. The first-order valence-electron chi connectivity index (χ1n) is 13.8. The number of nitrogens with two attached hydrogens (primary N) is 1. The lowest BCUT2D eigenvalue weighted by Gasteiger charge is -2.32. The molecule has 3 nitrogen and oxygen atoms in total. The third-order valence-electron chi connectivity index (χ3n) is 8.04. The van der Waals surface area contributed by atoms with E-state index in [1.165, 1.54) is 44.8 Å². The van der Waals surface area contributed by atoms with Crippen LogP contribution in [-0.4, -0.2) is 6.54 Å². The molecule has 1 unspecified atom stereocenters. The van der Waals surface area contributed by atoms with E-state index >= 15 is 0 Å². The number of aryl methyl sites for hydroxylation is 1. The smallest absolute Gasteiger partial charge is 0.0894 e. The molecule has 2 aliphatic rings. The zero-order chi connectivity index (χ0) is 27.7. The summed E-state index contributed by atoms with van der Waals surface area (Å²) in [5, 5.41) is 9.52. The number of allylic oxidation sites excluding steroid dienone is 6. The molecule has 2 N–H and O–H groups in total. The number of benzene rings is 2. The second-order valence-electron chi connectivity index (χ2n) is 12.8. The van der Waals surface area contributed by atoms with Crippen molar-refractivity contribution in [3.05, 3.63) is 106 Å². The standard InChI is InChI=1S/C35H43N3/c1-8-9-30(35(5,6)7)23-38(31-16-13-29(14-17-31)34(2,3)4)32-15-12-24-10-11-25-18-28(22-36)33(37)21-27(25)19-26(24)20-32/h8-9,12-17,20-21,28H,1,10-11,18-19,23,37H2,2-7H3/b30-9+. The molecule has 0 saturated heterocycles. The molecule has 0 heterocycles. The zero-order valence-electron chi connectivity index (χ0n) is 24.1. The molecule has 0 fully saturated rings. The van der Waals surface area contributed by atoms with Crippen LogP contribution in [0.3, 0.4) is 0 Å². The highest BCUT2D eigenvalue weighted by atomic mass is 15.1. The average molecular weight is 506 g/mol. The minimum absolute atomic E-state index is 0.0187. The van der Waals surface area contributed by atoms with Gasteiger partial charge in [-0.3, -0.25) is 0 Å². The fourth-order valence-electron chi connectivity index (χ4n) is 5.46. The van der Waals surface area contributed by atoms with Crippen molar-refractivity contribution in [2.45, 2.75) is 72.6 Å². The van der Waals surface area contributed by atoms with Crippen LogP contribution in [0.15, 0.2) is 89.7 Å². The molecule has 1 atom stereocenters. The monoisotopic (exact) mass is 505 g/mol. The van der Waals surface area contributed by atoms with E-state index in [1.807, 2.05) is 6.08 Å². The highest BCUT2D eigenvalue weighted by Crippen LogP contribution is 2.38. The van der Waals surface area contributed by atoms with Gasteiger partial charge in [0.05, 0.1) is 12.0 Å². The summed E-state index contributed by atoms with van der Waals surface area (Å²) in [6, 6.07) is 18.4. The normalized spacial score (nSPS) is 18.1. The quantitative estimate of drug-likeness (QED) is 0.415. The molecular formula is C35H43N3. The van der Waals surface area contributed by atoms with E-state index in [-0.39, 0.29) is 16.7 Å². The van der Waals surface area contributed by atoms with Crippen LogP contribution >= 0.6 is 0 Å². The maximum absolute atomic E-state index is 9.52. The average Bonchev–Trinajstić information content (AvgIpc) is 3.03. The van der Waals surface area contributed by atoms with Crippen molar-refractivity contribution in [1.29, 1.82) is 5.26 Å². The van der Waals surface area contributed by atoms with Gasteiger partial charge in [0.25, 0.3) is 0 Å². The van der Waals surface area contributed by atoms with E-state index in [4.69, 9.17) is 5.73 Å². The predicted molar refractivity (Wildman–Crippen MR) is 161 cm³/mol. The van der Waals surface area contributed by atoms with Crippen LogP contribution in [0.4, 0.5) is 11.4 Å². The Bertz CT molecular complexity index is 1330. The Hall–Kier alpha value is -3.51. The first kappa shape index (κ1) is 27.5. The molecule has 2 aliphatic carbocycles. The SMILES string of the molecule is C=C/C=C(\CN(c1ccc(C(C)(C)C)cc1)c1ccc2c(c1)CC1=C(CC2)CC(C#N)C(N)=C1)C(C)(C)C. The van der Waals surface area contributed by atoms with Crippen molar-refractivity contribution in [3.63, 3.8) is 0 Å². The van der Waals surface area contributed by atoms with E-state index in [0.717, 1.165) is 32.2 Å². The first-order chi connectivity index (χ1) is 17.9. The highest BCUT2D eigenvalue weighted by Gasteiger charge is 2.26. The van der Waals surface area contributed by atoms with Gasteiger partial charge in [-0.1, -0.05) is 84.0 Å². The van der Waals surface area contributed by atoms with E-state index in [9.17, 15) is 5.26 Å². The molecule has 2 aromatic rings. The van der Waals surface area contributed by atoms with E-state index < -0.39 is 0 Å². The van der Waals surface area contributed by atoms with Crippen molar-refractivity contribution in [3.8, 4) is 6.07 Å². The van der Waals surface area contributed by atoms with Crippen molar-refractivity contribution >= 4 is 11.4 Å². The Morgan fingerprint density at radius 3 is 2.32 bits per heavy atom. The zero-order valence-corrected chi connectivity index (χ0v) is 24.1. The van der Waals surface area contributed by atoms with Gasteiger partial charge in [-0.2, -0.15) is 5.26 Å². The molecule has 0 radical (unpaired) electrons. The summed E-state index contributed by atoms with van der Waals surface area (Å²) in [4.78, 5) is 2.43. The van der Waals surface area contributed by atoms with E-state index in [0.29, 0.717) is 5.70 Å². The minimum Gasteiger partial charge on any atom is -0.401 e. The molecule has 3 heteroatoms. The molecule has 0 bridgehead atoms. The predicted octanol–water partition coefficient (Wildman–Crippen LogP) is 8.45. The van der Waals surface area contributed by atoms with Gasteiger partial charge >= 0.3 is 0 Å². The number of hydrogen-bond donors (Lipinski definition) is 1. The highest BCUT2D eigenvalue weighted by molar-refractivity contribution is 5.67. The second kappa shape index (κ2) is 10.7. The molecule has 2 aromatic carbocycles. The summed E-state index contributed by atoms with van der Waals surface area (Å²) in [7, 11) is 0. The van der Waals surface area contributed by atoms with Gasteiger partial charge in [0.2, 0.25) is 0 Å². The molecule has 38 heavy (non-hydrogen) atoms. The van der Waals surface area contributed by atoms with E-state index in [1.54, 1.807) is 0 Å². The molecular weight excluding hydrogens is 462 g/mol. The van der Waals surface area contributed by atoms with Crippen molar-refractivity contribution < 1.29 is 0 Å². The second-order valence-corrected chi connectivity index (χ2v) is 12.8. The van der Waals surface area contributed by atoms with Gasteiger partial charge in [-0.25, -0.2) is 0 Å². The topological polar surface area (TPSA) is 53.0 Å². The number of rotatable bonds is 5. The minimum atomic E-state index is -0.190. The number of nitriles is 1. The number of nitrogens with zero attached hydrogens (tertiary/aromatic N) is 2. The van der Waals surface area contributed by atoms with Gasteiger partial charge < -0.3 is 10.6 Å². The van der Waals surface area contributed by atoms with E-state index in [2.05, 4.69) is 114 Å². The van der Waals surface area contributed by atoms with Gasteiger partial charge in [-0.05, 0) is 94.7 Å². The maximum atomic E-state index is 9.52. The lowest BCUT2D eigenvalue weighted by molar-refractivity contribution is 0.494. The number of anilines is 2. The van der Waals surface area contributed by atoms with Crippen LogP contribution in [0.25, 0.3) is 0 Å². The van der Waals surface area contributed by atoms with Crippen LogP contribution < -0.4 is 10.6 Å². The van der Waals surface area contributed by atoms with Gasteiger partial charge in [0, 0.05) is 23.6 Å². The lowest BCUT2D eigenvalue weighted by Crippen LogP contribution is -2.26. The van der Waals surface area contributed by atoms with Crippen LogP contribution in [0.1, 0.15) is 71.1 Å². The van der Waals surface area contributed by atoms with Gasteiger partial charge in [0.1, 0.15) is 0 Å². The summed E-state index contributed by atoms with van der Waals surface area (Å²) in [5.74, 6) is -0.190. The van der Waals surface area contributed by atoms with Crippen molar-refractivity contribution in [2.24, 2.45) is 17.1 Å². The van der Waals surface area contributed by atoms with Gasteiger partial charge in [0.15, 0.2) is 0 Å². The lowest BCUT2D eigenvalue weighted by atomic mass is 9.85. The molecule has 198 valence electrons. The van der Waals surface area contributed by atoms with Gasteiger partial charge in [-0.15, -0.1) is 0 Å². The Morgan fingerprint density at radius 2 is 1.71 bits per heavy atom. The third kappa shape index (κ3) is 5.97. The molecule has 0 saturated carbocycles. The summed E-state index contributed by atoms with van der Waals surface area (Å²) in [6.07, 6.45) is 9.77. The summed E-state index contributed by atoms with van der Waals surface area (Å²) >= 11 is 0. The molecule has 0 aliphatic heterocycles. The first-order valence-corrected chi connectivity index (χ1v) is 13.8. The third-order valence-corrected chi connectivity index (χ3v) is 8.04. The van der Waals surface area contributed by atoms with Crippen LogP contribution in [0.5, 0.6) is 0 Å². The Morgan fingerprint density at radius 1 is 1.03 bits per heavy atom. The summed E-state index contributed by atoms with van der Waals surface area (Å²) in [6.45, 7) is 18.3. The van der Waals surface area contributed by atoms with Crippen LogP contribution in [-0.2, 0) is 18.3 Å². The molecule has 0 amide bonds. The molecule has 4 rings (SSSR count). The molecule has 0 spiro atoms. The molecule has 0 aromatic heterocycles. The fourth-order valence-corrected chi connectivity index (χ4v) is 5.46. The largest absolute Gasteiger partial charge is 0.401 e.